The first-order valence-electron chi connectivity index (χ1n) is 6.29. The molecule has 94 valence electrons. The van der Waals surface area contributed by atoms with Gasteiger partial charge < -0.3 is 15.4 Å². The molecule has 1 aliphatic heterocycles. The van der Waals surface area contributed by atoms with Gasteiger partial charge >= 0.3 is 0 Å². The van der Waals surface area contributed by atoms with Crippen molar-refractivity contribution >= 4 is 5.69 Å². The number of nitrogens with one attached hydrogen (secondary N) is 2. The SMILES string of the molecule is CNC(C)(C)CNc1ccc2c(c1)CCCO2. The lowest BCUT2D eigenvalue weighted by atomic mass is 10.0. The largest absolute Gasteiger partial charge is 0.493 e. The van der Waals surface area contributed by atoms with Crippen LogP contribution in [0.25, 0.3) is 0 Å². The summed E-state index contributed by atoms with van der Waals surface area (Å²) in [6, 6.07) is 6.37. The van der Waals surface area contributed by atoms with Gasteiger partial charge in [0.1, 0.15) is 5.75 Å². The first-order chi connectivity index (χ1) is 8.11. The van der Waals surface area contributed by atoms with Gasteiger partial charge in [-0.2, -0.15) is 0 Å². The minimum atomic E-state index is 0.104. The summed E-state index contributed by atoms with van der Waals surface area (Å²) in [5, 5.41) is 6.75. The smallest absolute Gasteiger partial charge is 0.122 e. The Morgan fingerprint density at radius 3 is 2.94 bits per heavy atom. The molecule has 0 aliphatic carbocycles. The van der Waals surface area contributed by atoms with Gasteiger partial charge in [-0.1, -0.05) is 0 Å². The molecule has 1 aromatic rings. The van der Waals surface area contributed by atoms with Crippen LogP contribution in [0.3, 0.4) is 0 Å². The first kappa shape index (κ1) is 12.2. The van der Waals surface area contributed by atoms with Gasteiger partial charge in [0.15, 0.2) is 0 Å². The predicted molar refractivity (Wildman–Crippen MR) is 71.9 cm³/mol. The Labute approximate surface area is 104 Å². The lowest BCUT2D eigenvalue weighted by molar-refractivity contribution is 0.288. The molecule has 0 unspecified atom stereocenters. The van der Waals surface area contributed by atoms with Crippen molar-refractivity contribution in [1.82, 2.24) is 5.32 Å². The monoisotopic (exact) mass is 234 g/mol. The number of rotatable bonds is 4. The second-order valence-electron chi connectivity index (χ2n) is 5.26. The fraction of sp³-hybridized carbons (Fsp3) is 0.571. The Hall–Kier alpha value is -1.22. The van der Waals surface area contributed by atoms with Gasteiger partial charge in [0.2, 0.25) is 0 Å². The molecule has 0 fully saturated rings. The van der Waals surface area contributed by atoms with Gasteiger partial charge in [0.05, 0.1) is 6.61 Å². The summed E-state index contributed by atoms with van der Waals surface area (Å²) in [5.41, 5.74) is 2.60. The quantitative estimate of drug-likeness (QED) is 0.839. The number of hydrogen-bond acceptors (Lipinski definition) is 3. The molecule has 0 spiro atoms. The van der Waals surface area contributed by atoms with E-state index < -0.39 is 0 Å². The topological polar surface area (TPSA) is 33.3 Å². The fourth-order valence-corrected chi connectivity index (χ4v) is 1.88. The fourth-order valence-electron chi connectivity index (χ4n) is 1.88. The highest BCUT2D eigenvalue weighted by molar-refractivity contribution is 5.52. The van der Waals surface area contributed by atoms with E-state index in [9.17, 15) is 0 Å². The van der Waals surface area contributed by atoms with Crippen LogP contribution in [0.5, 0.6) is 5.75 Å². The van der Waals surface area contributed by atoms with Crippen LogP contribution in [-0.4, -0.2) is 25.7 Å². The molecular formula is C14H22N2O. The average molecular weight is 234 g/mol. The van der Waals surface area contributed by atoms with Gasteiger partial charge in [-0.25, -0.2) is 0 Å². The molecule has 0 saturated heterocycles. The average Bonchev–Trinajstić information content (AvgIpc) is 2.36. The molecule has 2 rings (SSSR count). The maximum Gasteiger partial charge on any atom is 0.122 e. The molecule has 3 nitrogen and oxygen atoms in total. The molecule has 0 bridgehead atoms. The van der Waals surface area contributed by atoms with E-state index in [0.717, 1.165) is 31.7 Å². The zero-order chi connectivity index (χ0) is 12.3. The molecule has 3 heteroatoms. The molecule has 0 radical (unpaired) electrons. The number of hydrogen-bond donors (Lipinski definition) is 2. The van der Waals surface area contributed by atoms with Crippen LogP contribution in [0, 0.1) is 0 Å². The number of likely N-dealkylation sites (N-methyl/N-ethyl adjacent to an activating group) is 1. The van der Waals surface area contributed by atoms with E-state index in [2.05, 4.69) is 42.7 Å². The summed E-state index contributed by atoms with van der Waals surface area (Å²) in [4.78, 5) is 0. The number of aryl methyl sites for hydroxylation is 1. The summed E-state index contributed by atoms with van der Waals surface area (Å²) in [6.07, 6.45) is 2.25. The summed E-state index contributed by atoms with van der Waals surface area (Å²) < 4.78 is 5.60. The molecule has 17 heavy (non-hydrogen) atoms. The van der Waals surface area contributed by atoms with Crippen LogP contribution in [0.2, 0.25) is 0 Å². The van der Waals surface area contributed by atoms with Crippen molar-refractivity contribution in [3.8, 4) is 5.75 Å². The number of ether oxygens (including phenoxy) is 1. The highest BCUT2D eigenvalue weighted by Gasteiger charge is 2.15. The Balaban J connectivity index is 2.02. The number of fused-ring (bicyclic) bond motifs is 1. The Morgan fingerprint density at radius 1 is 1.35 bits per heavy atom. The van der Waals surface area contributed by atoms with Crippen molar-refractivity contribution in [3.63, 3.8) is 0 Å². The van der Waals surface area contributed by atoms with Crippen LogP contribution >= 0.6 is 0 Å². The Morgan fingerprint density at radius 2 is 2.18 bits per heavy atom. The van der Waals surface area contributed by atoms with Crippen LogP contribution < -0.4 is 15.4 Å². The second-order valence-corrected chi connectivity index (χ2v) is 5.26. The highest BCUT2D eigenvalue weighted by Crippen LogP contribution is 2.27. The van der Waals surface area contributed by atoms with Gasteiger partial charge in [-0.05, 0) is 57.5 Å². The third kappa shape index (κ3) is 3.13. The zero-order valence-corrected chi connectivity index (χ0v) is 11.0. The highest BCUT2D eigenvalue weighted by atomic mass is 16.5. The zero-order valence-electron chi connectivity index (χ0n) is 11.0. The summed E-state index contributed by atoms with van der Waals surface area (Å²) in [6.45, 7) is 6.12. The van der Waals surface area contributed by atoms with Crippen molar-refractivity contribution in [2.24, 2.45) is 0 Å². The van der Waals surface area contributed by atoms with E-state index in [4.69, 9.17) is 4.74 Å². The van der Waals surface area contributed by atoms with Crippen LogP contribution in [0.4, 0.5) is 5.69 Å². The molecule has 2 N–H and O–H groups in total. The molecule has 0 atom stereocenters. The van der Waals surface area contributed by atoms with E-state index in [1.54, 1.807) is 0 Å². The molecule has 1 aliphatic rings. The van der Waals surface area contributed by atoms with Crippen molar-refractivity contribution in [2.45, 2.75) is 32.2 Å². The van der Waals surface area contributed by atoms with E-state index in [1.807, 2.05) is 7.05 Å². The van der Waals surface area contributed by atoms with Crippen molar-refractivity contribution < 1.29 is 4.74 Å². The van der Waals surface area contributed by atoms with Crippen molar-refractivity contribution in [3.05, 3.63) is 23.8 Å². The minimum absolute atomic E-state index is 0.104. The lowest BCUT2D eigenvalue weighted by Gasteiger charge is -2.25. The van der Waals surface area contributed by atoms with E-state index >= 15 is 0 Å². The van der Waals surface area contributed by atoms with Crippen LogP contribution in [0.1, 0.15) is 25.8 Å². The lowest BCUT2D eigenvalue weighted by Crippen LogP contribution is -2.42. The molecule has 0 aromatic heterocycles. The molecule has 1 aromatic carbocycles. The molecule has 0 saturated carbocycles. The third-order valence-electron chi connectivity index (χ3n) is 3.32. The van der Waals surface area contributed by atoms with Gasteiger partial charge in [0, 0.05) is 17.8 Å². The Kier molecular flexibility index (Phi) is 3.57. The van der Waals surface area contributed by atoms with Gasteiger partial charge in [-0.3, -0.25) is 0 Å². The maximum atomic E-state index is 5.60. The minimum Gasteiger partial charge on any atom is -0.493 e. The summed E-state index contributed by atoms with van der Waals surface area (Å²) >= 11 is 0. The van der Waals surface area contributed by atoms with Crippen molar-refractivity contribution in [1.29, 1.82) is 0 Å². The van der Waals surface area contributed by atoms with Crippen LogP contribution in [0.15, 0.2) is 18.2 Å². The summed E-state index contributed by atoms with van der Waals surface area (Å²) in [5.74, 6) is 1.05. The molecule has 0 amide bonds. The van der Waals surface area contributed by atoms with Crippen molar-refractivity contribution in [2.75, 3.05) is 25.5 Å². The van der Waals surface area contributed by atoms with Gasteiger partial charge in [-0.15, -0.1) is 0 Å². The predicted octanol–water partition coefficient (Wildman–Crippen LogP) is 2.42. The molecular weight excluding hydrogens is 212 g/mol. The van der Waals surface area contributed by atoms with Gasteiger partial charge in [0.25, 0.3) is 0 Å². The second kappa shape index (κ2) is 4.96. The summed E-state index contributed by atoms with van der Waals surface area (Å²) in [7, 11) is 1.99. The normalized spacial score (nSPS) is 15.0. The van der Waals surface area contributed by atoms with E-state index in [0.29, 0.717) is 0 Å². The van der Waals surface area contributed by atoms with Crippen LogP contribution in [-0.2, 0) is 6.42 Å². The van der Waals surface area contributed by atoms with E-state index in [-0.39, 0.29) is 5.54 Å². The van der Waals surface area contributed by atoms with E-state index in [1.165, 1.54) is 11.3 Å². The number of anilines is 1. The standard InChI is InChI=1S/C14H22N2O/c1-14(2,15-3)10-16-12-6-7-13-11(9-12)5-4-8-17-13/h6-7,9,15-16H,4-5,8,10H2,1-3H3. The maximum absolute atomic E-state index is 5.60. The first-order valence-corrected chi connectivity index (χ1v) is 6.29. The number of benzene rings is 1. The molecule has 1 heterocycles. The Bertz CT molecular complexity index is 388. The third-order valence-corrected chi connectivity index (χ3v) is 3.32.